The van der Waals surface area contributed by atoms with Crippen LogP contribution >= 0.6 is 0 Å². The second-order valence-corrected chi connectivity index (χ2v) is 9.83. The summed E-state index contributed by atoms with van der Waals surface area (Å²) in [6.45, 7) is -0.152. The Labute approximate surface area is 211 Å². The Morgan fingerprint density at radius 2 is 1.68 bits per heavy atom. The summed E-state index contributed by atoms with van der Waals surface area (Å²) < 4.78 is 46.9. The molecule has 3 atom stereocenters. The number of halogens is 3. The van der Waals surface area contributed by atoms with Gasteiger partial charge in [-0.2, -0.15) is 13.2 Å². The lowest BCUT2D eigenvalue weighted by Gasteiger charge is -2.39. The molecule has 3 N–H and O–H groups in total. The number of benzene rings is 1. The van der Waals surface area contributed by atoms with Gasteiger partial charge in [-0.15, -0.1) is 0 Å². The summed E-state index contributed by atoms with van der Waals surface area (Å²) in [7, 11) is 0. The van der Waals surface area contributed by atoms with Gasteiger partial charge in [-0.05, 0) is 44.6 Å². The fourth-order valence-corrected chi connectivity index (χ4v) is 5.34. The van der Waals surface area contributed by atoms with Crippen LogP contribution in [0.2, 0.25) is 0 Å². The number of piperidine rings is 1. The van der Waals surface area contributed by atoms with E-state index in [1.807, 2.05) is 0 Å². The third kappa shape index (κ3) is 5.18. The molecule has 0 radical (unpaired) electrons. The summed E-state index contributed by atoms with van der Waals surface area (Å²) in [5.41, 5.74) is -1.45. The number of nitrogens with zero attached hydrogens (tertiary/aromatic N) is 3. The van der Waals surface area contributed by atoms with E-state index in [2.05, 4.69) is 14.9 Å². The third-order valence-electron chi connectivity index (χ3n) is 7.35. The number of aliphatic hydroxyl groups excluding tert-OH is 1. The highest BCUT2D eigenvalue weighted by Crippen LogP contribution is 2.41. The van der Waals surface area contributed by atoms with E-state index in [0.717, 1.165) is 31.7 Å². The van der Waals surface area contributed by atoms with Crippen molar-refractivity contribution in [2.24, 2.45) is 5.92 Å². The average molecular weight is 517 g/mol. The summed E-state index contributed by atoms with van der Waals surface area (Å²) in [5, 5.41) is 28.5. The zero-order valence-electron chi connectivity index (χ0n) is 19.9. The smallest absolute Gasteiger partial charge is 0.417 e. The number of ether oxygens (including phenoxy) is 1. The molecule has 2 bridgehead atoms. The zero-order chi connectivity index (χ0) is 26.3. The first-order chi connectivity index (χ1) is 17.6. The molecule has 0 spiro atoms. The molecule has 1 aromatic heterocycles. The molecule has 8 nitrogen and oxygen atoms in total. The number of aromatic carboxylic acids is 1. The highest BCUT2D eigenvalue weighted by Gasteiger charge is 2.43. The summed E-state index contributed by atoms with van der Waals surface area (Å²) in [6.07, 6.45) is 2.23. The number of carboxylic acid groups (broad SMARTS) is 1. The van der Waals surface area contributed by atoms with E-state index in [1.165, 1.54) is 30.6 Å². The maximum absolute atomic E-state index is 13.6. The van der Waals surface area contributed by atoms with Crippen molar-refractivity contribution in [3.63, 3.8) is 0 Å². The van der Waals surface area contributed by atoms with Crippen LogP contribution in [0.3, 0.4) is 0 Å². The first kappa shape index (κ1) is 25.2. The van der Waals surface area contributed by atoms with Gasteiger partial charge in [0, 0.05) is 41.5 Å². The molecule has 11 heteroatoms. The lowest BCUT2D eigenvalue weighted by Crippen LogP contribution is -2.46. The highest BCUT2D eigenvalue weighted by atomic mass is 19.4. The number of aromatic nitrogens is 2. The van der Waals surface area contributed by atoms with Gasteiger partial charge in [0.25, 0.3) is 0 Å². The average Bonchev–Trinajstić information content (AvgIpc) is 3.68. The number of anilines is 1. The third-order valence-corrected chi connectivity index (χ3v) is 7.35. The summed E-state index contributed by atoms with van der Waals surface area (Å²) in [5.74, 6) is -0.841. The molecular weight excluding hydrogens is 489 g/mol. The van der Waals surface area contributed by atoms with Crippen LogP contribution < -0.4 is 4.90 Å². The highest BCUT2D eigenvalue weighted by molar-refractivity contribution is 6.12. The van der Waals surface area contributed by atoms with Gasteiger partial charge in [-0.1, -0.05) is 18.2 Å². The van der Waals surface area contributed by atoms with Crippen LogP contribution in [0.15, 0.2) is 48.0 Å². The van der Waals surface area contributed by atoms with Crippen molar-refractivity contribution in [1.82, 2.24) is 9.97 Å². The topological polar surface area (TPSA) is 120 Å². The van der Waals surface area contributed by atoms with Gasteiger partial charge < -0.3 is 19.8 Å². The quantitative estimate of drug-likeness (QED) is 0.334. The largest absolute Gasteiger partial charge is 0.512 e. The minimum atomic E-state index is -4.62. The lowest BCUT2D eigenvalue weighted by atomic mass is 9.95. The first-order valence-corrected chi connectivity index (χ1v) is 12.3. The Hall–Kier alpha value is -3.47. The number of alkyl halides is 3. The van der Waals surface area contributed by atoms with Crippen LogP contribution in [-0.2, 0) is 10.9 Å². The standard InChI is InChI=1S/C26H27F3N4O4/c27-26(28,29)21-4-2-1-3-19(21)22(30)20(23(34)14-5-6-14)13-37-18-9-16-7-8-17(10-18)33(16)25-31-11-15(12-32-25)24(35)36/h1-4,11-12,14,16-18,30,34H,5-10,13H2,(H,35,36)/b23-20-,30-22?/t16-,17?,18?/m0/s1. The molecular formula is C26H27F3N4O4. The number of aliphatic hydroxyl groups is 1. The van der Waals surface area contributed by atoms with Crippen molar-refractivity contribution in [2.45, 2.75) is 62.9 Å². The Morgan fingerprint density at radius 1 is 1.05 bits per heavy atom. The molecule has 37 heavy (non-hydrogen) atoms. The minimum Gasteiger partial charge on any atom is -0.512 e. The fraction of sp³-hybridized carbons (Fsp3) is 0.462. The summed E-state index contributed by atoms with van der Waals surface area (Å²) in [6, 6.07) is 5.07. The zero-order valence-corrected chi connectivity index (χ0v) is 19.9. The van der Waals surface area contributed by atoms with Crippen molar-refractivity contribution >= 4 is 17.6 Å². The number of fused-ring (bicyclic) bond motifs is 2. The van der Waals surface area contributed by atoms with Crippen LogP contribution in [0.4, 0.5) is 19.1 Å². The van der Waals surface area contributed by atoms with Gasteiger partial charge in [0.1, 0.15) is 5.76 Å². The SMILES string of the molecule is N=C(/C(COC1CC2CC[C@@H](C1)N2c1ncc(C(=O)O)cn1)=C(\O)C1CC1)c1ccccc1C(F)(F)F. The van der Waals surface area contributed by atoms with E-state index >= 15 is 0 Å². The Bertz CT molecular complexity index is 1210. The molecule has 1 saturated carbocycles. The molecule has 3 fully saturated rings. The number of allylic oxidation sites excluding steroid dienone is 1. The van der Waals surface area contributed by atoms with Gasteiger partial charge in [0.2, 0.25) is 5.95 Å². The molecule has 2 unspecified atom stereocenters. The van der Waals surface area contributed by atoms with E-state index in [-0.39, 0.29) is 58.9 Å². The second kappa shape index (κ2) is 9.77. The molecule has 0 amide bonds. The van der Waals surface area contributed by atoms with E-state index in [0.29, 0.717) is 18.8 Å². The first-order valence-electron chi connectivity index (χ1n) is 12.3. The van der Waals surface area contributed by atoms with Crippen molar-refractivity contribution in [3.05, 3.63) is 64.7 Å². The summed E-state index contributed by atoms with van der Waals surface area (Å²) in [4.78, 5) is 21.6. The molecule has 2 aromatic rings. The number of nitrogens with one attached hydrogen (secondary N) is 1. The van der Waals surface area contributed by atoms with Gasteiger partial charge in [0.15, 0.2) is 0 Å². The van der Waals surface area contributed by atoms with Crippen LogP contribution in [0, 0.1) is 11.3 Å². The molecule has 2 saturated heterocycles. The lowest BCUT2D eigenvalue weighted by molar-refractivity contribution is -0.137. The van der Waals surface area contributed by atoms with Crippen LogP contribution in [0.1, 0.15) is 60.0 Å². The maximum Gasteiger partial charge on any atom is 0.417 e. The molecule has 1 aromatic carbocycles. The van der Waals surface area contributed by atoms with Gasteiger partial charge >= 0.3 is 12.1 Å². The number of hydrogen-bond acceptors (Lipinski definition) is 7. The van der Waals surface area contributed by atoms with Crippen molar-refractivity contribution in [2.75, 3.05) is 11.5 Å². The molecule has 3 heterocycles. The van der Waals surface area contributed by atoms with E-state index in [1.54, 1.807) is 0 Å². The minimum absolute atomic E-state index is 0.0126. The van der Waals surface area contributed by atoms with Crippen LogP contribution in [0.25, 0.3) is 0 Å². The number of rotatable bonds is 8. The number of hydrogen-bond donors (Lipinski definition) is 3. The molecule has 2 aliphatic heterocycles. The van der Waals surface area contributed by atoms with E-state index < -0.39 is 17.7 Å². The predicted octanol–water partition coefficient (Wildman–Crippen LogP) is 5.00. The van der Waals surface area contributed by atoms with Crippen molar-refractivity contribution < 1.29 is 32.9 Å². The summed E-state index contributed by atoms with van der Waals surface area (Å²) >= 11 is 0. The fourth-order valence-electron chi connectivity index (χ4n) is 5.34. The monoisotopic (exact) mass is 516 g/mol. The molecule has 3 aliphatic rings. The van der Waals surface area contributed by atoms with Crippen molar-refractivity contribution in [3.8, 4) is 0 Å². The van der Waals surface area contributed by atoms with Crippen LogP contribution in [0.5, 0.6) is 0 Å². The van der Waals surface area contributed by atoms with E-state index in [4.69, 9.17) is 15.3 Å². The Kier molecular flexibility index (Phi) is 6.65. The maximum atomic E-state index is 13.6. The van der Waals surface area contributed by atoms with Crippen molar-refractivity contribution in [1.29, 1.82) is 5.41 Å². The van der Waals surface area contributed by atoms with E-state index in [9.17, 15) is 23.1 Å². The molecule has 5 rings (SSSR count). The normalized spacial score (nSPS) is 24.1. The molecule has 1 aliphatic carbocycles. The van der Waals surface area contributed by atoms with Gasteiger partial charge in [0.05, 0.1) is 29.5 Å². The number of carboxylic acids is 1. The Morgan fingerprint density at radius 3 is 2.24 bits per heavy atom. The predicted molar refractivity (Wildman–Crippen MR) is 128 cm³/mol. The molecule has 196 valence electrons. The van der Waals surface area contributed by atoms with Crippen LogP contribution in [-0.4, -0.2) is 56.7 Å². The van der Waals surface area contributed by atoms with Gasteiger partial charge in [-0.3, -0.25) is 5.41 Å². The number of carbonyl (C=O) groups is 1. The Balaban J connectivity index is 1.31. The second-order valence-electron chi connectivity index (χ2n) is 9.83. The van der Waals surface area contributed by atoms with Gasteiger partial charge in [-0.25, -0.2) is 14.8 Å².